The quantitative estimate of drug-likeness (QED) is 0.450. The number of aryl methyl sites for hydroxylation is 1. The number of hydrogen-bond acceptors (Lipinski definition) is 4. The van der Waals surface area contributed by atoms with Gasteiger partial charge in [0.05, 0.1) is 18.6 Å². The molecule has 0 unspecified atom stereocenters. The molecular weight excluding hydrogens is 438 g/mol. The molecule has 0 saturated heterocycles. The van der Waals surface area contributed by atoms with Crippen molar-refractivity contribution >= 4 is 21.6 Å². The van der Waals surface area contributed by atoms with Gasteiger partial charge in [-0.2, -0.15) is 0 Å². The van der Waals surface area contributed by atoms with Crippen molar-refractivity contribution in [1.82, 2.24) is 5.32 Å². The summed E-state index contributed by atoms with van der Waals surface area (Å²) in [6.45, 7) is 3.17. The third-order valence-corrected chi connectivity index (χ3v) is 5.93. The number of para-hydroxylation sites is 1. The fraction of sp³-hybridized carbons (Fsp3) is 0.435. The molecule has 32 heavy (non-hydrogen) atoms. The predicted molar refractivity (Wildman–Crippen MR) is 121 cm³/mol. The van der Waals surface area contributed by atoms with Gasteiger partial charge in [0.25, 0.3) is 0 Å². The van der Waals surface area contributed by atoms with Gasteiger partial charge in [0, 0.05) is 25.6 Å². The average Bonchev–Trinajstić information content (AvgIpc) is 2.74. The molecule has 0 radical (unpaired) electrons. The Morgan fingerprint density at radius 1 is 1.09 bits per heavy atom. The van der Waals surface area contributed by atoms with Gasteiger partial charge in [-0.3, -0.25) is 9.10 Å². The molecule has 1 amide bonds. The maximum Gasteiger partial charge on any atom is 0.232 e. The van der Waals surface area contributed by atoms with E-state index in [1.165, 1.54) is 6.07 Å². The number of nitrogens with one attached hydrogen (secondary N) is 1. The van der Waals surface area contributed by atoms with E-state index in [1.54, 1.807) is 0 Å². The minimum atomic E-state index is -3.71. The summed E-state index contributed by atoms with van der Waals surface area (Å²) in [7, 11) is -3.71. The molecule has 9 heteroatoms. The maximum absolute atomic E-state index is 13.5. The van der Waals surface area contributed by atoms with E-state index in [-0.39, 0.29) is 31.0 Å². The van der Waals surface area contributed by atoms with Crippen LogP contribution in [0, 0.1) is 11.6 Å². The summed E-state index contributed by atoms with van der Waals surface area (Å²) in [5, 5.41) is 2.83. The number of halogens is 2. The Bertz CT molecular complexity index is 999. The van der Waals surface area contributed by atoms with Crippen LogP contribution in [0.2, 0.25) is 0 Å². The number of amides is 1. The number of hydrogen-bond donors (Lipinski definition) is 1. The Balaban J connectivity index is 1.78. The molecule has 2 aromatic carbocycles. The first-order chi connectivity index (χ1) is 15.2. The van der Waals surface area contributed by atoms with Crippen molar-refractivity contribution < 1.29 is 26.7 Å². The van der Waals surface area contributed by atoms with Crippen LogP contribution in [0.4, 0.5) is 14.5 Å². The van der Waals surface area contributed by atoms with Crippen LogP contribution in [0.1, 0.15) is 38.2 Å². The normalized spacial score (nSPS) is 11.2. The van der Waals surface area contributed by atoms with Crippen molar-refractivity contribution in [2.75, 3.05) is 30.3 Å². The number of sulfonamides is 1. The standard InChI is InChI=1S/C23H30F2N2O4S/c1-3-16-31-22-10-5-4-8-18(22)9-6-14-26-23(28)11-7-15-27(32(2,29)30)19-12-13-20(24)21(25)17-19/h4-5,8,10,12-13,17H,3,6-7,9,11,14-16H2,1-2H3,(H,26,28). The molecule has 0 saturated carbocycles. The molecular formula is C23H30F2N2O4S. The number of carbonyl (C=O) groups is 1. The topological polar surface area (TPSA) is 75.7 Å². The molecule has 0 aromatic heterocycles. The van der Waals surface area contributed by atoms with Crippen molar-refractivity contribution in [3.8, 4) is 5.75 Å². The minimum Gasteiger partial charge on any atom is -0.493 e. The van der Waals surface area contributed by atoms with Gasteiger partial charge in [-0.05, 0) is 49.4 Å². The first-order valence-electron chi connectivity index (χ1n) is 10.6. The van der Waals surface area contributed by atoms with Crippen LogP contribution >= 0.6 is 0 Å². The first kappa shape index (κ1) is 25.6. The summed E-state index contributed by atoms with van der Waals surface area (Å²) in [5.41, 5.74) is 1.11. The van der Waals surface area contributed by atoms with Gasteiger partial charge >= 0.3 is 0 Å². The van der Waals surface area contributed by atoms with E-state index >= 15 is 0 Å². The second-order valence-electron chi connectivity index (χ2n) is 7.45. The highest BCUT2D eigenvalue weighted by atomic mass is 32.2. The van der Waals surface area contributed by atoms with Crippen molar-refractivity contribution in [3.05, 3.63) is 59.7 Å². The van der Waals surface area contributed by atoms with E-state index in [9.17, 15) is 22.0 Å². The second kappa shape index (κ2) is 12.4. The van der Waals surface area contributed by atoms with E-state index in [1.807, 2.05) is 31.2 Å². The molecule has 0 aliphatic heterocycles. The molecule has 0 bridgehead atoms. The van der Waals surface area contributed by atoms with Crippen molar-refractivity contribution in [1.29, 1.82) is 0 Å². The maximum atomic E-state index is 13.5. The molecule has 0 aliphatic rings. The van der Waals surface area contributed by atoms with Gasteiger partial charge in [0.15, 0.2) is 11.6 Å². The highest BCUT2D eigenvalue weighted by molar-refractivity contribution is 7.92. The Morgan fingerprint density at radius 2 is 1.84 bits per heavy atom. The zero-order chi connectivity index (χ0) is 23.6. The van der Waals surface area contributed by atoms with E-state index < -0.39 is 21.7 Å². The van der Waals surface area contributed by atoms with Crippen molar-refractivity contribution in [2.24, 2.45) is 0 Å². The van der Waals surface area contributed by atoms with Gasteiger partial charge in [-0.15, -0.1) is 0 Å². The Morgan fingerprint density at radius 3 is 2.53 bits per heavy atom. The molecule has 0 spiro atoms. The molecule has 2 aromatic rings. The molecule has 0 aliphatic carbocycles. The SMILES string of the molecule is CCCOc1ccccc1CCCNC(=O)CCCN(c1ccc(F)c(F)c1)S(C)(=O)=O. The van der Waals surface area contributed by atoms with Crippen LogP contribution < -0.4 is 14.4 Å². The van der Waals surface area contributed by atoms with Crippen LogP contribution in [0.15, 0.2) is 42.5 Å². The van der Waals surface area contributed by atoms with E-state index in [4.69, 9.17) is 4.74 Å². The van der Waals surface area contributed by atoms with Gasteiger partial charge in [-0.1, -0.05) is 25.1 Å². The Hall–Kier alpha value is -2.68. The monoisotopic (exact) mass is 468 g/mol. The molecule has 2 rings (SSSR count). The fourth-order valence-corrected chi connectivity index (χ4v) is 4.13. The van der Waals surface area contributed by atoms with Crippen LogP contribution in [-0.2, 0) is 21.2 Å². The number of anilines is 1. The summed E-state index contributed by atoms with van der Waals surface area (Å²) < 4.78 is 57.4. The van der Waals surface area contributed by atoms with Gasteiger partial charge < -0.3 is 10.1 Å². The average molecular weight is 469 g/mol. The molecule has 6 nitrogen and oxygen atoms in total. The van der Waals surface area contributed by atoms with Crippen molar-refractivity contribution in [2.45, 2.75) is 39.0 Å². The Kier molecular flexibility index (Phi) is 9.90. The van der Waals surface area contributed by atoms with Gasteiger partial charge in [0.2, 0.25) is 15.9 Å². The highest BCUT2D eigenvalue weighted by Gasteiger charge is 2.19. The lowest BCUT2D eigenvalue weighted by molar-refractivity contribution is -0.121. The minimum absolute atomic E-state index is 0.0144. The number of benzene rings is 2. The number of rotatable bonds is 13. The van der Waals surface area contributed by atoms with Crippen LogP contribution in [0.3, 0.4) is 0 Å². The number of carbonyl (C=O) groups excluding carboxylic acids is 1. The molecule has 0 atom stereocenters. The lowest BCUT2D eigenvalue weighted by Gasteiger charge is -2.22. The fourth-order valence-electron chi connectivity index (χ4n) is 3.17. The zero-order valence-corrected chi connectivity index (χ0v) is 19.3. The summed E-state index contributed by atoms with van der Waals surface area (Å²) in [5.74, 6) is -1.52. The lowest BCUT2D eigenvalue weighted by Crippen LogP contribution is -2.32. The molecule has 1 N–H and O–H groups in total. The summed E-state index contributed by atoms with van der Waals surface area (Å²) in [4.78, 5) is 12.1. The van der Waals surface area contributed by atoms with E-state index in [2.05, 4.69) is 5.32 Å². The third-order valence-electron chi connectivity index (χ3n) is 4.74. The highest BCUT2D eigenvalue weighted by Crippen LogP contribution is 2.21. The van der Waals surface area contributed by atoms with Gasteiger partial charge in [-0.25, -0.2) is 17.2 Å². The molecule has 0 heterocycles. The van der Waals surface area contributed by atoms with Crippen molar-refractivity contribution in [3.63, 3.8) is 0 Å². The van der Waals surface area contributed by atoms with Crippen LogP contribution in [0.5, 0.6) is 5.75 Å². The Labute approximate surface area is 188 Å². The van der Waals surface area contributed by atoms with Crippen LogP contribution in [-0.4, -0.2) is 40.3 Å². The van der Waals surface area contributed by atoms with E-state index in [0.717, 1.165) is 53.3 Å². The second-order valence-corrected chi connectivity index (χ2v) is 9.35. The summed E-state index contributed by atoms with van der Waals surface area (Å²) in [6.07, 6.45) is 3.77. The zero-order valence-electron chi connectivity index (χ0n) is 18.4. The summed E-state index contributed by atoms with van der Waals surface area (Å²) in [6, 6.07) is 10.7. The predicted octanol–water partition coefficient (Wildman–Crippen LogP) is 4.05. The summed E-state index contributed by atoms with van der Waals surface area (Å²) >= 11 is 0. The number of ether oxygens (including phenoxy) is 1. The van der Waals surface area contributed by atoms with Crippen LogP contribution in [0.25, 0.3) is 0 Å². The number of nitrogens with zero attached hydrogens (tertiary/aromatic N) is 1. The molecule has 0 fully saturated rings. The largest absolute Gasteiger partial charge is 0.493 e. The lowest BCUT2D eigenvalue weighted by atomic mass is 10.1. The molecule has 176 valence electrons. The third kappa shape index (κ3) is 8.11. The van der Waals surface area contributed by atoms with Gasteiger partial charge in [0.1, 0.15) is 5.75 Å². The smallest absolute Gasteiger partial charge is 0.232 e. The first-order valence-corrected chi connectivity index (χ1v) is 12.5. The van der Waals surface area contributed by atoms with E-state index in [0.29, 0.717) is 13.2 Å².